The van der Waals surface area contributed by atoms with Gasteiger partial charge in [0.1, 0.15) is 16.7 Å². The molecule has 0 spiro atoms. The number of benzene rings is 1. The van der Waals surface area contributed by atoms with Crippen LogP contribution >= 0.6 is 24.0 Å². The van der Waals surface area contributed by atoms with Crippen molar-refractivity contribution < 1.29 is 17.9 Å². The molecule has 25 heavy (non-hydrogen) atoms. The number of nitrogens with one attached hydrogen (secondary N) is 2. The molecule has 2 rings (SSSR count). The van der Waals surface area contributed by atoms with E-state index in [-0.39, 0.29) is 29.2 Å². The zero-order valence-electron chi connectivity index (χ0n) is 14.5. The van der Waals surface area contributed by atoms with Gasteiger partial charge in [-0.3, -0.25) is 0 Å². The van der Waals surface area contributed by atoms with Crippen LogP contribution in [0.3, 0.4) is 0 Å². The van der Waals surface area contributed by atoms with E-state index in [1.807, 2.05) is 6.92 Å². The molecule has 1 aromatic carbocycles. The topological polar surface area (TPSA) is 76.7 Å². The zero-order chi connectivity index (χ0) is 17.6. The maximum Gasteiger partial charge on any atom is 0.244 e. The van der Waals surface area contributed by atoms with E-state index >= 15 is 0 Å². The highest BCUT2D eigenvalue weighted by Crippen LogP contribution is 2.28. The van der Waals surface area contributed by atoms with Crippen molar-refractivity contribution in [2.24, 2.45) is 5.92 Å². The van der Waals surface area contributed by atoms with Crippen molar-refractivity contribution in [2.75, 3.05) is 33.4 Å². The molecule has 6 nitrogen and oxygen atoms in total. The molecule has 1 heterocycles. The molecule has 0 bridgehead atoms. The van der Waals surface area contributed by atoms with Gasteiger partial charge in [-0.2, -0.15) is 0 Å². The normalized spacial score (nSPS) is 19.1. The van der Waals surface area contributed by atoms with Crippen LogP contribution in [0.5, 0.6) is 5.75 Å². The average molecular weight is 413 g/mol. The quantitative estimate of drug-likeness (QED) is 0.685. The van der Waals surface area contributed by atoms with Crippen LogP contribution in [0.4, 0.5) is 0 Å². The first-order valence-corrected chi connectivity index (χ1v) is 9.94. The van der Waals surface area contributed by atoms with Crippen LogP contribution < -0.4 is 14.8 Å². The average Bonchev–Trinajstić information content (AvgIpc) is 2.56. The molecule has 144 valence electrons. The fraction of sp³-hybridized carbons (Fsp3) is 0.625. The van der Waals surface area contributed by atoms with Crippen LogP contribution in [0.1, 0.15) is 19.8 Å². The Bertz CT molecular complexity index is 637. The number of halogens is 2. The molecule has 1 aliphatic rings. The van der Waals surface area contributed by atoms with Crippen LogP contribution in [-0.4, -0.2) is 47.9 Å². The lowest BCUT2D eigenvalue weighted by molar-refractivity contribution is 0.0901. The Balaban J connectivity index is 0.00000312. The molecule has 0 saturated carbocycles. The third-order valence-electron chi connectivity index (χ3n) is 3.89. The molecule has 2 atom stereocenters. The lowest BCUT2D eigenvalue weighted by Gasteiger charge is -2.23. The van der Waals surface area contributed by atoms with Crippen molar-refractivity contribution in [3.05, 3.63) is 23.2 Å². The van der Waals surface area contributed by atoms with E-state index in [0.29, 0.717) is 24.1 Å². The van der Waals surface area contributed by atoms with Gasteiger partial charge in [-0.15, -0.1) is 12.4 Å². The monoisotopic (exact) mass is 412 g/mol. The Kier molecular flexibility index (Phi) is 9.48. The predicted octanol–water partition coefficient (Wildman–Crippen LogP) is 2.45. The Labute approximate surface area is 161 Å². The van der Waals surface area contributed by atoms with E-state index in [4.69, 9.17) is 21.1 Å². The molecule has 0 amide bonds. The minimum atomic E-state index is -3.70. The van der Waals surface area contributed by atoms with Crippen LogP contribution in [0, 0.1) is 5.92 Å². The second-order valence-electron chi connectivity index (χ2n) is 6.04. The number of piperidine rings is 1. The van der Waals surface area contributed by atoms with E-state index in [2.05, 4.69) is 10.0 Å². The molecule has 1 aromatic rings. The largest absolute Gasteiger partial charge is 0.487 e. The summed E-state index contributed by atoms with van der Waals surface area (Å²) in [5.74, 6) is 0.572. The number of hydrogen-bond acceptors (Lipinski definition) is 5. The maximum atomic E-state index is 12.7. The molecular formula is C16H26Cl2N2O4S. The van der Waals surface area contributed by atoms with Gasteiger partial charge in [-0.05, 0) is 57.0 Å². The van der Waals surface area contributed by atoms with Gasteiger partial charge in [0.05, 0.1) is 6.61 Å². The lowest BCUT2D eigenvalue weighted by atomic mass is 10.0. The van der Waals surface area contributed by atoms with Gasteiger partial charge < -0.3 is 14.8 Å². The smallest absolute Gasteiger partial charge is 0.244 e. The van der Waals surface area contributed by atoms with E-state index in [9.17, 15) is 8.42 Å². The molecule has 9 heteroatoms. The van der Waals surface area contributed by atoms with Crippen molar-refractivity contribution in [2.45, 2.75) is 30.8 Å². The van der Waals surface area contributed by atoms with E-state index < -0.39 is 10.0 Å². The first kappa shape index (κ1) is 22.5. The van der Waals surface area contributed by atoms with E-state index in [1.54, 1.807) is 19.2 Å². The highest BCUT2D eigenvalue weighted by atomic mass is 35.5. The summed E-state index contributed by atoms with van der Waals surface area (Å²) >= 11 is 5.99. The van der Waals surface area contributed by atoms with Crippen LogP contribution in [-0.2, 0) is 14.8 Å². The number of rotatable bonds is 8. The number of ether oxygens (including phenoxy) is 2. The molecule has 0 aliphatic carbocycles. The number of methoxy groups -OCH3 is 1. The molecule has 1 saturated heterocycles. The Morgan fingerprint density at radius 1 is 1.44 bits per heavy atom. The summed E-state index contributed by atoms with van der Waals surface area (Å²) in [6.45, 7) is 4.40. The highest BCUT2D eigenvalue weighted by Gasteiger charge is 2.23. The second-order valence-corrected chi connectivity index (χ2v) is 8.21. The summed E-state index contributed by atoms with van der Waals surface area (Å²) in [6, 6.07) is 4.60. The third-order valence-corrected chi connectivity index (χ3v) is 5.57. The Morgan fingerprint density at radius 2 is 2.20 bits per heavy atom. The predicted molar refractivity (Wildman–Crippen MR) is 101 cm³/mol. The van der Waals surface area contributed by atoms with Gasteiger partial charge >= 0.3 is 0 Å². The molecule has 2 unspecified atom stereocenters. The molecule has 0 aromatic heterocycles. The lowest BCUT2D eigenvalue weighted by Crippen LogP contribution is -2.38. The summed E-state index contributed by atoms with van der Waals surface area (Å²) in [6.07, 6.45) is 1.80. The standard InChI is InChI=1S/C16H25ClN2O4S.ClH/c1-12(11-22-2)23-15-6-5-14(17)8-16(15)24(20,21)19-10-13-4-3-7-18-9-13;/h5-6,8,12-13,18-19H,3-4,7,9-11H2,1-2H3;1H. The first-order valence-electron chi connectivity index (χ1n) is 8.08. The fourth-order valence-corrected chi connectivity index (χ4v) is 4.19. The van der Waals surface area contributed by atoms with Gasteiger partial charge in [0.2, 0.25) is 10.0 Å². The van der Waals surface area contributed by atoms with Gasteiger partial charge in [-0.1, -0.05) is 11.6 Å². The zero-order valence-corrected chi connectivity index (χ0v) is 16.8. The minimum absolute atomic E-state index is 0. The van der Waals surface area contributed by atoms with Crippen molar-refractivity contribution in [1.29, 1.82) is 0 Å². The van der Waals surface area contributed by atoms with Gasteiger partial charge in [0.25, 0.3) is 0 Å². The maximum absolute atomic E-state index is 12.7. The minimum Gasteiger partial charge on any atom is -0.487 e. The first-order chi connectivity index (χ1) is 11.4. The van der Waals surface area contributed by atoms with Crippen LogP contribution in [0.2, 0.25) is 5.02 Å². The van der Waals surface area contributed by atoms with Crippen LogP contribution in [0.25, 0.3) is 0 Å². The third kappa shape index (κ3) is 6.92. The Morgan fingerprint density at radius 3 is 2.84 bits per heavy atom. The van der Waals surface area contributed by atoms with Crippen molar-refractivity contribution in [1.82, 2.24) is 10.0 Å². The molecular weight excluding hydrogens is 387 g/mol. The molecule has 1 aliphatic heterocycles. The summed E-state index contributed by atoms with van der Waals surface area (Å²) in [4.78, 5) is 0.0571. The van der Waals surface area contributed by atoms with Crippen molar-refractivity contribution in [3.8, 4) is 5.75 Å². The molecule has 0 radical (unpaired) electrons. The van der Waals surface area contributed by atoms with Gasteiger partial charge in [0, 0.05) is 18.7 Å². The second kappa shape index (κ2) is 10.5. The van der Waals surface area contributed by atoms with Crippen molar-refractivity contribution in [3.63, 3.8) is 0 Å². The van der Waals surface area contributed by atoms with E-state index in [0.717, 1.165) is 25.9 Å². The fourth-order valence-electron chi connectivity index (χ4n) is 2.68. The Hall–Kier alpha value is -0.570. The van der Waals surface area contributed by atoms with Crippen molar-refractivity contribution >= 4 is 34.0 Å². The van der Waals surface area contributed by atoms with E-state index in [1.165, 1.54) is 6.07 Å². The molecule has 2 N–H and O–H groups in total. The SMILES string of the molecule is COCC(C)Oc1ccc(Cl)cc1S(=O)(=O)NCC1CCCNC1.Cl. The molecule has 1 fully saturated rings. The number of hydrogen-bond donors (Lipinski definition) is 2. The van der Waals surface area contributed by atoms with Gasteiger partial charge in [0.15, 0.2) is 0 Å². The van der Waals surface area contributed by atoms with Gasteiger partial charge in [-0.25, -0.2) is 13.1 Å². The number of sulfonamides is 1. The summed E-state index contributed by atoms with van der Waals surface area (Å²) in [5, 5.41) is 3.63. The summed E-state index contributed by atoms with van der Waals surface area (Å²) in [7, 11) is -2.13. The summed E-state index contributed by atoms with van der Waals surface area (Å²) < 4.78 is 38.8. The highest BCUT2D eigenvalue weighted by molar-refractivity contribution is 7.89. The van der Waals surface area contributed by atoms with Crippen LogP contribution in [0.15, 0.2) is 23.1 Å². The summed E-state index contributed by atoms with van der Waals surface area (Å²) in [5.41, 5.74) is 0.